The van der Waals surface area contributed by atoms with E-state index in [4.69, 9.17) is 0 Å². The molecule has 0 unspecified atom stereocenters. The number of aryl methyl sites for hydroxylation is 1. The topological polar surface area (TPSA) is 89.8 Å². The zero-order valence-electron chi connectivity index (χ0n) is 9.32. The minimum atomic E-state index is -3.45. The molecular weight excluding hydrogens is 242 g/mol. The Morgan fingerprint density at radius 3 is 2.71 bits per heavy atom. The summed E-state index contributed by atoms with van der Waals surface area (Å²) in [5.74, 6) is 0.512. The van der Waals surface area contributed by atoms with Crippen LogP contribution in [0.4, 0.5) is 0 Å². The second-order valence-electron chi connectivity index (χ2n) is 3.36. The summed E-state index contributed by atoms with van der Waals surface area (Å²) in [6.45, 7) is 0. The molecule has 0 saturated heterocycles. The minimum absolute atomic E-state index is 0.181. The molecule has 1 N–H and O–H groups in total. The van der Waals surface area contributed by atoms with E-state index in [9.17, 15) is 8.42 Å². The highest BCUT2D eigenvalue weighted by Crippen LogP contribution is 2.19. The van der Waals surface area contributed by atoms with Gasteiger partial charge in [-0.15, -0.1) is 5.10 Å². The molecular formula is C9H11N5O2S. The van der Waals surface area contributed by atoms with Crippen molar-refractivity contribution in [1.82, 2.24) is 24.9 Å². The second-order valence-corrected chi connectivity index (χ2v) is 5.25. The van der Waals surface area contributed by atoms with Gasteiger partial charge in [-0.25, -0.2) is 17.8 Å². The number of benzene rings is 1. The Morgan fingerprint density at radius 2 is 2.12 bits per heavy atom. The molecule has 1 heterocycles. The van der Waals surface area contributed by atoms with Crippen LogP contribution in [0.15, 0.2) is 29.2 Å². The molecule has 1 aromatic carbocycles. The van der Waals surface area contributed by atoms with E-state index in [0.717, 1.165) is 0 Å². The van der Waals surface area contributed by atoms with Crippen molar-refractivity contribution in [2.24, 2.45) is 7.05 Å². The Balaban J connectivity index is 2.54. The van der Waals surface area contributed by atoms with Gasteiger partial charge in [0.1, 0.15) is 0 Å². The third kappa shape index (κ3) is 2.17. The van der Waals surface area contributed by atoms with Gasteiger partial charge in [0.25, 0.3) is 0 Å². The molecule has 7 nitrogen and oxygen atoms in total. The molecule has 0 fully saturated rings. The molecule has 0 spiro atoms. The SMILES string of the molecule is CNS(=O)(=O)c1cccc(-c2nnnn2C)c1. The summed E-state index contributed by atoms with van der Waals surface area (Å²) in [6.07, 6.45) is 0. The standard InChI is InChI=1S/C9H11N5O2S/c1-10-17(15,16)8-5-3-4-7(6-8)9-11-12-13-14(9)2/h3-6,10H,1-2H3. The van der Waals surface area contributed by atoms with Crippen LogP contribution in [0, 0.1) is 0 Å². The highest BCUT2D eigenvalue weighted by molar-refractivity contribution is 7.89. The zero-order valence-corrected chi connectivity index (χ0v) is 10.1. The zero-order chi connectivity index (χ0) is 12.5. The van der Waals surface area contributed by atoms with Crippen LogP contribution in [-0.2, 0) is 17.1 Å². The van der Waals surface area contributed by atoms with Gasteiger partial charge < -0.3 is 0 Å². The van der Waals surface area contributed by atoms with Crippen LogP contribution in [0.25, 0.3) is 11.4 Å². The first-order valence-corrected chi connectivity index (χ1v) is 6.29. The van der Waals surface area contributed by atoms with Gasteiger partial charge in [-0.2, -0.15) is 0 Å². The number of nitrogens with one attached hydrogen (secondary N) is 1. The van der Waals surface area contributed by atoms with Crippen LogP contribution in [-0.4, -0.2) is 35.7 Å². The van der Waals surface area contributed by atoms with E-state index < -0.39 is 10.0 Å². The van der Waals surface area contributed by atoms with Gasteiger partial charge in [-0.05, 0) is 29.6 Å². The number of hydrogen-bond acceptors (Lipinski definition) is 5. The number of sulfonamides is 1. The number of rotatable bonds is 3. The van der Waals surface area contributed by atoms with Crippen molar-refractivity contribution in [2.75, 3.05) is 7.05 Å². The Hall–Kier alpha value is -1.80. The highest BCUT2D eigenvalue weighted by Gasteiger charge is 2.13. The normalized spacial score (nSPS) is 11.6. The van der Waals surface area contributed by atoms with E-state index in [1.165, 1.54) is 23.9 Å². The first-order chi connectivity index (χ1) is 8.04. The maximum atomic E-state index is 11.6. The molecule has 0 atom stereocenters. The van der Waals surface area contributed by atoms with Gasteiger partial charge >= 0.3 is 0 Å². The lowest BCUT2D eigenvalue weighted by molar-refractivity contribution is 0.588. The fraction of sp³-hybridized carbons (Fsp3) is 0.222. The van der Waals surface area contributed by atoms with Crippen molar-refractivity contribution in [1.29, 1.82) is 0 Å². The van der Waals surface area contributed by atoms with E-state index in [2.05, 4.69) is 20.2 Å². The predicted molar refractivity (Wildman–Crippen MR) is 60.5 cm³/mol. The van der Waals surface area contributed by atoms with Crippen molar-refractivity contribution in [3.63, 3.8) is 0 Å². The van der Waals surface area contributed by atoms with Crippen molar-refractivity contribution in [3.05, 3.63) is 24.3 Å². The summed E-state index contributed by atoms with van der Waals surface area (Å²) < 4.78 is 27.0. The second kappa shape index (κ2) is 4.22. The van der Waals surface area contributed by atoms with Gasteiger partial charge in [-0.1, -0.05) is 12.1 Å². The third-order valence-electron chi connectivity index (χ3n) is 2.29. The van der Waals surface area contributed by atoms with Crippen LogP contribution in [0.1, 0.15) is 0 Å². The molecule has 0 aliphatic carbocycles. The molecule has 0 bridgehead atoms. The molecule has 0 radical (unpaired) electrons. The average molecular weight is 253 g/mol. The van der Waals surface area contributed by atoms with Crippen molar-refractivity contribution in [2.45, 2.75) is 4.90 Å². The molecule has 90 valence electrons. The number of nitrogens with zero attached hydrogens (tertiary/aromatic N) is 4. The lowest BCUT2D eigenvalue weighted by Crippen LogP contribution is -2.18. The largest absolute Gasteiger partial charge is 0.240 e. The molecule has 0 amide bonds. The predicted octanol–water partition coefficient (Wildman–Crippen LogP) is -0.215. The maximum absolute atomic E-state index is 11.6. The summed E-state index contributed by atoms with van der Waals surface area (Å²) in [4.78, 5) is 0.181. The van der Waals surface area contributed by atoms with Crippen LogP contribution in [0.2, 0.25) is 0 Å². The lowest BCUT2D eigenvalue weighted by Gasteiger charge is -2.04. The summed E-state index contributed by atoms with van der Waals surface area (Å²) in [5.41, 5.74) is 0.647. The van der Waals surface area contributed by atoms with E-state index in [1.54, 1.807) is 19.2 Å². The Bertz CT molecular complexity index is 634. The van der Waals surface area contributed by atoms with Crippen LogP contribution >= 0.6 is 0 Å². The highest BCUT2D eigenvalue weighted by atomic mass is 32.2. The summed E-state index contributed by atoms with van der Waals surface area (Å²) in [6, 6.07) is 6.44. The Morgan fingerprint density at radius 1 is 1.35 bits per heavy atom. The third-order valence-corrected chi connectivity index (χ3v) is 3.70. The quantitative estimate of drug-likeness (QED) is 0.817. The molecule has 2 rings (SSSR count). The van der Waals surface area contributed by atoms with Crippen LogP contribution in [0.5, 0.6) is 0 Å². The smallest absolute Gasteiger partial charge is 0.229 e. The first-order valence-electron chi connectivity index (χ1n) is 4.81. The van der Waals surface area contributed by atoms with Crippen LogP contribution in [0.3, 0.4) is 0 Å². The molecule has 2 aromatic rings. The van der Waals surface area contributed by atoms with Crippen LogP contribution < -0.4 is 4.72 Å². The maximum Gasteiger partial charge on any atom is 0.240 e. The first kappa shape index (κ1) is 11.7. The van der Waals surface area contributed by atoms with Gasteiger partial charge in [0.05, 0.1) is 4.90 Å². The van der Waals surface area contributed by atoms with Gasteiger partial charge in [0.15, 0.2) is 5.82 Å². The van der Waals surface area contributed by atoms with E-state index >= 15 is 0 Å². The Kier molecular flexibility index (Phi) is 2.90. The molecule has 1 aromatic heterocycles. The average Bonchev–Trinajstić information content (AvgIpc) is 2.76. The minimum Gasteiger partial charge on any atom is -0.229 e. The number of hydrogen-bond donors (Lipinski definition) is 1. The van der Waals surface area contributed by atoms with Crippen molar-refractivity contribution < 1.29 is 8.42 Å². The van der Waals surface area contributed by atoms with E-state index in [-0.39, 0.29) is 4.90 Å². The number of aromatic nitrogens is 4. The molecule has 0 saturated carbocycles. The lowest BCUT2D eigenvalue weighted by atomic mass is 10.2. The van der Waals surface area contributed by atoms with Crippen molar-refractivity contribution in [3.8, 4) is 11.4 Å². The Labute approximate surface area is 98.5 Å². The molecule has 0 aliphatic heterocycles. The van der Waals surface area contributed by atoms with Gasteiger partial charge in [0, 0.05) is 12.6 Å². The monoisotopic (exact) mass is 253 g/mol. The summed E-state index contributed by atoms with van der Waals surface area (Å²) in [7, 11) is -0.396. The fourth-order valence-electron chi connectivity index (χ4n) is 1.39. The van der Waals surface area contributed by atoms with E-state index in [1.807, 2.05) is 0 Å². The molecule has 17 heavy (non-hydrogen) atoms. The number of tetrazole rings is 1. The molecule has 0 aliphatic rings. The summed E-state index contributed by atoms with van der Waals surface area (Å²) in [5, 5.41) is 11.0. The van der Waals surface area contributed by atoms with E-state index in [0.29, 0.717) is 11.4 Å². The molecule has 8 heteroatoms. The fourth-order valence-corrected chi connectivity index (χ4v) is 2.17. The van der Waals surface area contributed by atoms with Gasteiger partial charge in [-0.3, -0.25) is 0 Å². The van der Waals surface area contributed by atoms with Gasteiger partial charge in [0.2, 0.25) is 10.0 Å². The van der Waals surface area contributed by atoms with Crippen molar-refractivity contribution >= 4 is 10.0 Å². The summed E-state index contributed by atoms with van der Waals surface area (Å²) >= 11 is 0.